The molecule has 2 saturated carbocycles. The molecule has 0 aromatic heterocycles. The Morgan fingerprint density at radius 3 is 2.57 bits per heavy atom. The molecule has 0 aromatic carbocycles. The van der Waals surface area contributed by atoms with Crippen molar-refractivity contribution in [1.82, 2.24) is 0 Å². The van der Waals surface area contributed by atoms with Crippen molar-refractivity contribution in [2.45, 2.75) is 73.1 Å². The smallest absolute Gasteiger partial charge is 0.333 e. The van der Waals surface area contributed by atoms with Crippen LogP contribution in [-0.2, 0) is 9.53 Å². The van der Waals surface area contributed by atoms with E-state index in [1.165, 1.54) is 24.8 Å². The van der Waals surface area contributed by atoms with Crippen molar-refractivity contribution in [2.75, 3.05) is 6.61 Å². The molecule has 0 aromatic rings. The maximum atomic E-state index is 12.2. The molecule has 0 N–H and O–H groups in total. The maximum Gasteiger partial charge on any atom is 0.333 e. The lowest BCUT2D eigenvalue weighted by Crippen LogP contribution is -2.42. The third-order valence-electron chi connectivity index (χ3n) is 6.35. The highest BCUT2D eigenvalue weighted by atomic mass is 16.5. The number of hydrogen-bond donors (Lipinski definition) is 0. The second kappa shape index (κ2) is 6.54. The van der Waals surface area contributed by atoms with Gasteiger partial charge in [0.1, 0.15) is 0 Å². The number of carbonyl (C=O) groups is 1. The molecule has 2 aliphatic rings. The van der Waals surface area contributed by atoms with E-state index in [0.717, 1.165) is 42.6 Å². The van der Waals surface area contributed by atoms with Gasteiger partial charge in [-0.2, -0.15) is 0 Å². The van der Waals surface area contributed by atoms with Crippen LogP contribution < -0.4 is 0 Å². The molecule has 0 radical (unpaired) electrons. The molecular weight excluding hydrogens is 260 g/mol. The molecule has 120 valence electrons. The van der Waals surface area contributed by atoms with E-state index in [1.54, 1.807) is 0 Å². The normalized spacial score (nSPS) is 34.0. The predicted octanol–water partition coefficient (Wildman–Crippen LogP) is 5.13. The van der Waals surface area contributed by atoms with Crippen molar-refractivity contribution in [1.29, 1.82) is 0 Å². The zero-order valence-corrected chi connectivity index (χ0v) is 14.5. The fourth-order valence-corrected chi connectivity index (χ4v) is 4.54. The van der Waals surface area contributed by atoms with Crippen LogP contribution >= 0.6 is 0 Å². The molecule has 2 aliphatic carbocycles. The van der Waals surface area contributed by atoms with E-state index in [1.807, 2.05) is 6.92 Å². The molecule has 0 heterocycles. The van der Waals surface area contributed by atoms with Gasteiger partial charge in [-0.15, -0.1) is 0 Å². The minimum atomic E-state index is -0.0740. The fraction of sp³-hybridized carbons (Fsp3) is 0.842. The molecule has 2 fully saturated rings. The first-order valence-electron chi connectivity index (χ1n) is 8.79. The molecule has 21 heavy (non-hydrogen) atoms. The summed E-state index contributed by atoms with van der Waals surface area (Å²) in [5, 5.41) is 0. The van der Waals surface area contributed by atoms with Crippen LogP contribution in [0.2, 0.25) is 0 Å². The van der Waals surface area contributed by atoms with Gasteiger partial charge in [-0.05, 0) is 68.6 Å². The van der Waals surface area contributed by atoms with Gasteiger partial charge < -0.3 is 4.74 Å². The summed E-state index contributed by atoms with van der Waals surface area (Å²) in [5.74, 6) is 2.31. The first-order chi connectivity index (χ1) is 9.91. The molecule has 2 heteroatoms. The molecule has 2 rings (SSSR count). The molecule has 0 aliphatic heterocycles. The highest BCUT2D eigenvalue weighted by molar-refractivity contribution is 5.89. The summed E-state index contributed by atoms with van der Waals surface area (Å²) in [6, 6.07) is 0. The van der Waals surface area contributed by atoms with Crippen LogP contribution in [0.4, 0.5) is 0 Å². The number of carbonyl (C=O) groups excluding carboxylic acids is 1. The molecular formula is C19H32O2. The summed E-state index contributed by atoms with van der Waals surface area (Å²) >= 11 is 0. The van der Waals surface area contributed by atoms with Gasteiger partial charge in [-0.1, -0.05) is 33.3 Å². The summed E-state index contributed by atoms with van der Waals surface area (Å²) < 4.78 is 5.26. The number of fused-ring (bicyclic) bond motifs is 1. The van der Waals surface area contributed by atoms with Crippen molar-refractivity contribution in [3.8, 4) is 0 Å². The van der Waals surface area contributed by atoms with Crippen LogP contribution in [0.1, 0.15) is 73.1 Å². The lowest BCUT2D eigenvalue weighted by atomic mass is 9.54. The zero-order valence-electron chi connectivity index (χ0n) is 14.5. The van der Waals surface area contributed by atoms with Crippen molar-refractivity contribution in [3.05, 3.63) is 11.1 Å². The van der Waals surface area contributed by atoms with Gasteiger partial charge in [0, 0.05) is 5.57 Å². The average Bonchev–Trinajstić information content (AvgIpc) is 2.45. The van der Waals surface area contributed by atoms with Crippen molar-refractivity contribution in [3.63, 3.8) is 0 Å². The zero-order chi connectivity index (χ0) is 15.6. The Balaban J connectivity index is 2.23. The highest BCUT2D eigenvalue weighted by Crippen LogP contribution is 2.54. The van der Waals surface area contributed by atoms with Crippen LogP contribution in [0.5, 0.6) is 0 Å². The van der Waals surface area contributed by atoms with Gasteiger partial charge in [0.25, 0.3) is 0 Å². The van der Waals surface area contributed by atoms with E-state index < -0.39 is 0 Å². The van der Waals surface area contributed by atoms with Gasteiger partial charge >= 0.3 is 5.97 Å². The van der Waals surface area contributed by atoms with Crippen molar-refractivity contribution in [2.24, 2.45) is 23.2 Å². The molecule has 0 amide bonds. The van der Waals surface area contributed by atoms with E-state index in [-0.39, 0.29) is 5.97 Å². The minimum absolute atomic E-state index is 0.0740. The van der Waals surface area contributed by atoms with E-state index in [9.17, 15) is 4.79 Å². The molecule has 3 atom stereocenters. The monoisotopic (exact) mass is 292 g/mol. The molecule has 3 unspecified atom stereocenters. The third-order valence-corrected chi connectivity index (χ3v) is 6.35. The Kier molecular flexibility index (Phi) is 5.16. The molecule has 0 spiro atoms. The van der Waals surface area contributed by atoms with Gasteiger partial charge in [0.2, 0.25) is 0 Å². The second-order valence-corrected chi connectivity index (χ2v) is 7.57. The first-order valence-corrected chi connectivity index (χ1v) is 8.79. The van der Waals surface area contributed by atoms with Crippen LogP contribution in [0, 0.1) is 23.2 Å². The van der Waals surface area contributed by atoms with Gasteiger partial charge in [-0.3, -0.25) is 0 Å². The highest BCUT2D eigenvalue weighted by Gasteiger charge is 2.45. The van der Waals surface area contributed by atoms with Crippen molar-refractivity contribution < 1.29 is 9.53 Å². The van der Waals surface area contributed by atoms with E-state index in [4.69, 9.17) is 4.74 Å². The average molecular weight is 292 g/mol. The lowest BCUT2D eigenvalue weighted by molar-refractivity contribution is -0.138. The van der Waals surface area contributed by atoms with E-state index >= 15 is 0 Å². The predicted molar refractivity (Wildman–Crippen MR) is 87.0 cm³/mol. The fourth-order valence-electron chi connectivity index (χ4n) is 4.54. The standard InChI is InChI=1S/C19H32O2/c1-6-16(18(20)21-7-2)15-11-10-14-9-8-13(3)19(4,5)17(14)12-15/h13-14,17H,6-12H2,1-5H3/b16-15-. The topological polar surface area (TPSA) is 26.3 Å². The van der Waals surface area contributed by atoms with Crippen LogP contribution in [0.25, 0.3) is 0 Å². The SMILES string of the molecule is CCOC(=O)/C(CC)=C1/CCC2CCC(C)C(C)(C)C2C1. The summed E-state index contributed by atoms with van der Waals surface area (Å²) in [5.41, 5.74) is 2.74. The Bertz CT molecular complexity index is 419. The number of allylic oxidation sites excluding steroid dienone is 1. The van der Waals surface area contributed by atoms with E-state index in [2.05, 4.69) is 27.7 Å². The number of rotatable bonds is 3. The summed E-state index contributed by atoms with van der Waals surface area (Å²) in [6.45, 7) is 11.7. The lowest BCUT2D eigenvalue weighted by Gasteiger charge is -2.51. The van der Waals surface area contributed by atoms with Gasteiger partial charge in [0.15, 0.2) is 0 Å². The summed E-state index contributed by atoms with van der Waals surface area (Å²) in [7, 11) is 0. The quantitative estimate of drug-likeness (QED) is 0.532. The summed E-state index contributed by atoms with van der Waals surface area (Å²) in [6.07, 6.45) is 7.04. The molecule has 2 nitrogen and oxygen atoms in total. The maximum absolute atomic E-state index is 12.2. The number of esters is 1. The Morgan fingerprint density at radius 1 is 1.24 bits per heavy atom. The van der Waals surface area contributed by atoms with Crippen molar-refractivity contribution >= 4 is 5.97 Å². The minimum Gasteiger partial charge on any atom is -0.463 e. The van der Waals surface area contributed by atoms with Crippen LogP contribution in [0.3, 0.4) is 0 Å². The second-order valence-electron chi connectivity index (χ2n) is 7.57. The largest absolute Gasteiger partial charge is 0.463 e. The van der Waals surface area contributed by atoms with Crippen LogP contribution in [-0.4, -0.2) is 12.6 Å². The van der Waals surface area contributed by atoms with Gasteiger partial charge in [0.05, 0.1) is 6.61 Å². The van der Waals surface area contributed by atoms with E-state index in [0.29, 0.717) is 12.0 Å². The Hall–Kier alpha value is -0.790. The Morgan fingerprint density at radius 2 is 1.95 bits per heavy atom. The van der Waals surface area contributed by atoms with Crippen LogP contribution in [0.15, 0.2) is 11.1 Å². The number of hydrogen-bond acceptors (Lipinski definition) is 2. The Labute approximate surface area is 130 Å². The number of ether oxygens (including phenoxy) is 1. The third kappa shape index (κ3) is 3.19. The molecule has 0 saturated heterocycles. The first kappa shape index (κ1) is 16.6. The van der Waals surface area contributed by atoms with Gasteiger partial charge in [-0.25, -0.2) is 4.79 Å². The summed E-state index contributed by atoms with van der Waals surface area (Å²) in [4.78, 5) is 12.2. The molecule has 0 bridgehead atoms.